The van der Waals surface area contributed by atoms with E-state index < -0.39 is 6.04 Å². The molecule has 3 heterocycles. The molecule has 2 fully saturated rings. The summed E-state index contributed by atoms with van der Waals surface area (Å²) in [6.07, 6.45) is 13.7. The number of amides is 1. The number of carbonyl (C=O) groups is 2. The van der Waals surface area contributed by atoms with E-state index in [1.165, 1.54) is 7.11 Å². The molecule has 0 N–H and O–H groups in total. The molecule has 1 amide bonds. The molecule has 0 radical (unpaired) electrons. The van der Waals surface area contributed by atoms with E-state index in [4.69, 9.17) is 9.84 Å². The molecule has 1 saturated heterocycles. The first-order valence-electron chi connectivity index (χ1n) is 11.8. The summed E-state index contributed by atoms with van der Waals surface area (Å²) < 4.78 is 6.84. The van der Waals surface area contributed by atoms with E-state index in [9.17, 15) is 9.59 Å². The van der Waals surface area contributed by atoms with Crippen molar-refractivity contribution in [3.05, 3.63) is 72.7 Å². The van der Waals surface area contributed by atoms with Crippen LogP contribution in [0.1, 0.15) is 37.7 Å². The first-order chi connectivity index (χ1) is 16.7. The summed E-state index contributed by atoms with van der Waals surface area (Å²) in [6, 6.07) is 13.2. The molecule has 3 unspecified atom stereocenters. The molecule has 2 aliphatic rings. The van der Waals surface area contributed by atoms with Gasteiger partial charge in [0.25, 0.3) is 0 Å². The second-order valence-corrected chi connectivity index (χ2v) is 8.92. The zero-order valence-corrected chi connectivity index (χ0v) is 19.2. The Morgan fingerprint density at radius 1 is 1.09 bits per heavy atom. The maximum absolute atomic E-state index is 13.4. The van der Waals surface area contributed by atoms with Crippen molar-refractivity contribution < 1.29 is 14.3 Å². The van der Waals surface area contributed by atoms with E-state index in [2.05, 4.69) is 4.98 Å². The summed E-state index contributed by atoms with van der Waals surface area (Å²) in [5.41, 5.74) is 3.33. The Kier molecular flexibility index (Phi) is 6.25. The van der Waals surface area contributed by atoms with E-state index in [1.54, 1.807) is 34.1 Å². The number of nitrogens with zero attached hydrogens (tertiary/aromatic N) is 4. The molecule has 7 nitrogen and oxygen atoms in total. The molecule has 1 aromatic carbocycles. The molecule has 3 aromatic rings. The number of ether oxygens (including phenoxy) is 1. The topological polar surface area (TPSA) is 77.3 Å². The normalized spacial score (nSPS) is 22.0. The van der Waals surface area contributed by atoms with E-state index >= 15 is 0 Å². The van der Waals surface area contributed by atoms with Gasteiger partial charge in [0.2, 0.25) is 5.91 Å². The lowest BCUT2D eigenvalue weighted by Crippen LogP contribution is -2.45. The minimum Gasteiger partial charge on any atom is -0.467 e. The van der Waals surface area contributed by atoms with Crippen LogP contribution in [0.25, 0.3) is 23.0 Å². The van der Waals surface area contributed by atoms with E-state index in [0.717, 1.165) is 48.2 Å². The first-order valence-corrected chi connectivity index (χ1v) is 11.8. The molecule has 3 atom stereocenters. The molecule has 1 aliphatic carbocycles. The zero-order chi connectivity index (χ0) is 23.5. The lowest BCUT2D eigenvalue weighted by atomic mass is 9.85. The predicted octanol–water partition coefficient (Wildman–Crippen LogP) is 4.28. The summed E-state index contributed by atoms with van der Waals surface area (Å²) in [7, 11) is 1.39. The molecule has 2 aromatic heterocycles. The van der Waals surface area contributed by atoms with Crippen molar-refractivity contribution in [2.75, 3.05) is 7.11 Å². The Bertz CT molecular complexity index is 1190. The van der Waals surface area contributed by atoms with E-state index in [0.29, 0.717) is 12.3 Å². The van der Waals surface area contributed by atoms with Crippen molar-refractivity contribution in [1.82, 2.24) is 19.7 Å². The van der Waals surface area contributed by atoms with Gasteiger partial charge in [-0.25, -0.2) is 9.48 Å². The van der Waals surface area contributed by atoms with Crippen molar-refractivity contribution in [3.63, 3.8) is 0 Å². The van der Waals surface area contributed by atoms with Crippen LogP contribution in [0, 0.1) is 5.92 Å². The fraction of sp³-hybridized carbons (Fsp3) is 0.333. The van der Waals surface area contributed by atoms with E-state index in [-0.39, 0.29) is 17.9 Å². The zero-order valence-electron chi connectivity index (χ0n) is 19.2. The summed E-state index contributed by atoms with van der Waals surface area (Å²) >= 11 is 0. The number of pyridine rings is 1. The number of benzene rings is 1. The smallest absolute Gasteiger partial charge is 0.328 e. The van der Waals surface area contributed by atoms with Gasteiger partial charge >= 0.3 is 5.97 Å². The quantitative estimate of drug-likeness (QED) is 0.423. The molecule has 0 spiro atoms. The van der Waals surface area contributed by atoms with E-state index in [1.807, 2.05) is 48.7 Å². The average Bonchev–Trinajstić information content (AvgIpc) is 3.50. The maximum Gasteiger partial charge on any atom is 0.328 e. The molecule has 1 aliphatic heterocycles. The second-order valence-electron chi connectivity index (χ2n) is 8.92. The lowest BCUT2D eigenvalue weighted by Gasteiger charge is -2.32. The van der Waals surface area contributed by atoms with Gasteiger partial charge in [-0.15, -0.1) is 0 Å². The fourth-order valence-electron chi connectivity index (χ4n) is 5.32. The van der Waals surface area contributed by atoms with Gasteiger partial charge in [0, 0.05) is 41.8 Å². The van der Waals surface area contributed by atoms with Crippen LogP contribution in [0.4, 0.5) is 0 Å². The van der Waals surface area contributed by atoms with Crippen LogP contribution in [0.5, 0.6) is 0 Å². The highest BCUT2D eigenvalue weighted by Gasteiger charge is 2.47. The van der Waals surface area contributed by atoms with Crippen LogP contribution in [0.2, 0.25) is 0 Å². The fourth-order valence-corrected chi connectivity index (χ4v) is 5.32. The van der Waals surface area contributed by atoms with Gasteiger partial charge in [-0.3, -0.25) is 9.78 Å². The molecule has 174 valence electrons. The molecule has 7 heteroatoms. The molecule has 5 rings (SSSR count). The average molecular weight is 457 g/mol. The number of fused-ring (bicyclic) bond motifs is 1. The minimum absolute atomic E-state index is 0.0971. The van der Waals surface area contributed by atoms with Gasteiger partial charge < -0.3 is 9.64 Å². The third-order valence-electron chi connectivity index (χ3n) is 6.92. The molecule has 1 saturated carbocycles. The molecule has 34 heavy (non-hydrogen) atoms. The second kappa shape index (κ2) is 9.63. The lowest BCUT2D eigenvalue weighted by molar-refractivity contribution is -0.150. The predicted molar refractivity (Wildman–Crippen MR) is 129 cm³/mol. The number of esters is 1. The number of methoxy groups -OCH3 is 1. The Labute approximate surface area is 199 Å². The van der Waals surface area contributed by atoms with Crippen molar-refractivity contribution in [2.24, 2.45) is 5.92 Å². The number of para-hydroxylation sites is 1. The van der Waals surface area contributed by atoms with Crippen molar-refractivity contribution in [3.8, 4) is 16.9 Å². The number of hydrogen-bond donors (Lipinski definition) is 0. The van der Waals surface area contributed by atoms with Crippen LogP contribution in [-0.4, -0.2) is 50.7 Å². The van der Waals surface area contributed by atoms with Crippen LogP contribution in [0.15, 0.2) is 67.1 Å². The standard InChI is InChI=1S/C27H28N4O3/c1-34-27(33)24-16-19-8-5-6-12-23(19)31(24)25(32)14-13-21-18-30(22-10-3-2-4-11-22)29-26(21)20-9-7-15-28-17-20/h2-4,7,9-11,13-15,17-19,23-24H,5-6,8,12,16H2,1H3/b14-13+. The van der Waals surface area contributed by atoms with Gasteiger partial charge in [0.05, 0.1) is 12.8 Å². The van der Waals surface area contributed by atoms with Crippen LogP contribution >= 0.6 is 0 Å². The third kappa shape index (κ3) is 4.25. The summed E-state index contributed by atoms with van der Waals surface area (Å²) in [4.78, 5) is 31.9. The number of aromatic nitrogens is 3. The third-order valence-corrected chi connectivity index (χ3v) is 6.92. The largest absolute Gasteiger partial charge is 0.467 e. The Balaban J connectivity index is 1.47. The van der Waals surface area contributed by atoms with Gasteiger partial charge in [0.15, 0.2) is 0 Å². The highest BCUT2D eigenvalue weighted by Crippen LogP contribution is 2.40. The van der Waals surface area contributed by atoms with Gasteiger partial charge in [-0.1, -0.05) is 31.0 Å². The summed E-state index contributed by atoms with van der Waals surface area (Å²) in [5.74, 6) is -0.125. The van der Waals surface area contributed by atoms with Crippen molar-refractivity contribution in [1.29, 1.82) is 0 Å². The number of hydrogen-bond acceptors (Lipinski definition) is 5. The van der Waals surface area contributed by atoms with Crippen LogP contribution < -0.4 is 0 Å². The Morgan fingerprint density at radius 2 is 1.91 bits per heavy atom. The van der Waals surface area contributed by atoms with Gasteiger partial charge in [0.1, 0.15) is 11.7 Å². The Hall–Kier alpha value is -3.74. The first kappa shape index (κ1) is 22.1. The minimum atomic E-state index is -0.514. The molecule has 0 bridgehead atoms. The monoisotopic (exact) mass is 456 g/mol. The van der Waals surface area contributed by atoms with Crippen molar-refractivity contribution in [2.45, 2.75) is 44.2 Å². The van der Waals surface area contributed by atoms with Crippen LogP contribution in [0.3, 0.4) is 0 Å². The number of carbonyl (C=O) groups excluding carboxylic acids is 2. The highest BCUT2D eigenvalue weighted by molar-refractivity contribution is 5.96. The van der Waals surface area contributed by atoms with Crippen LogP contribution in [-0.2, 0) is 14.3 Å². The maximum atomic E-state index is 13.4. The molecular formula is C27H28N4O3. The van der Waals surface area contributed by atoms with Gasteiger partial charge in [-0.05, 0) is 55.5 Å². The summed E-state index contributed by atoms with van der Waals surface area (Å²) in [6.45, 7) is 0. The number of rotatable bonds is 5. The highest BCUT2D eigenvalue weighted by atomic mass is 16.5. The molecular weight excluding hydrogens is 428 g/mol. The van der Waals surface area contributed by atoms with Gasteiger partial charge in [-0.2, -0.15) is 5.10 Å². The Morgan fingerprint density at radius 3 is 2.68 bits per heavy atom. The number of likely N-dealkylation sites (tertiary alicyclic amines) is 1. The summed E-state index contributed by atoms with van der Waals surface area (Å²) in [5, 5.41) is 4.77. The SMILES string of the molecule is COC(=O)C1CC2CCCCC2N1C(=O)/C=C/c1cn(-c2ccccc2)nc1-c1cccnc1. The van der Waals surface area contributed by atoms with Crippen molar-refractivity contribution >= 4 is 18.0 Å².